The van der Waals surface area contributed by atoms with Gasteiger partial charge in [0.25, 0.3) is 5.91 Å². The van der Waals surface area contributed by atoms with Crippen LogP contribution >= 0.6 is 0 Å². The predicted molar refractivity (Wildman–Crippen MR) is 95.4 cm³/mol. The average molecular weight is 446 g/mol. The van der Waals surface area contributed by atoms with E-state index >= 15 is 0 Å². The molecule has 0 aromatic rings. The fourth-order valence-electron chi connectivity index (χ4n) is 4.80. The molecule has 1 unspecified atom stereocenters. The molecule has 3 fully saturated rings. The molecule has 1 N–H and O–H groups in total. The number of aliphatic carboxylic acids is 1. The van der Waals surface area contributed by atoms with Crippen molar-refractivity contribution in [2.45, 2.75) is 24.7 Å². The van der Waals surface area contributed by atoms with Crippen LogP contribution in [0, 0.1) is 5.92 Å². The highest BCUT2D eigenvalue weighted by Gasteiger charge is 2.66. The Morgan fingerprint density at radius 2 is 1.77 bits per heavy atom. The molecule has 4 rings (SSSR count). The second kappa shape index (κ2) is 7.39. The number of ether oxygens (including phenoxy) is 1. The maximum atomic E-state index is 12.9. The first-order valence-electron chi connectivity index (χ1n) is 9.79. The largest absolute Gasteiger partial charge is 0.477 e. The number of hydrogen-bond acceptors (Lipinski definition) is 6. The molecular weight excluding hydrogens is 425 g/mol. The lowest BCUT2D eigenvalue weighted by Crippen LogP contribution is -2.74. The topological polar surface area (TPSA) is 111 Å². The van der Waals surface area contributed by atoms with Crippen molar-refractivity contribution in [2.75, 3.05) is 46.4 Å². The van der Waals surface area contributed by atoms with Crippen molar-refractivity contribution in [3.8, 4) is 0 Å². The molecule has 0 aromatic heterocycles. The molecular formula is C18H21F3N4O6. The summed E-state index contributed by atoms with van der Waals surface area (Å²) in [5.74, 6) is -5.01. The van der Waals surface area contributed by atoms with Gasteiger partial charge < -0.3 is 24.5 Å². The number of amides is 3. The fourth-order valence-corrected chi connectivity index (χ4v) is 4.80. The Morgan fingerprint density at radius 3 is 2.35 bits per heavy atom. The quantitative estimate of drug-likeness (QED) is 0.594. The molecule has 0 aromatic carbocycles. The van der Waals surface area contributed by atoms with Crippen molar-refractivity contribution in [2.24, 2.45) is 5.92 Å². The van der Waals surface area contributed by atoms with Crippen molar-refractivity contribution in [1.29, 1.82) is 0 Å². The molecule has 0 saturated carbocycles. The predicted octanol–water partition coefficient (Wildman–Crippen LogP) is -0.287. The number of rotatable bonds is 3. The van der Waals surface area contributed by atoms with Crippen LogP contribution in [0.2, 0.25) is 0 Å². The van der Waals surface area contributed by atoms with Gasteiger partial charge >= 0.3 is 24.1 Å². The van der Waals surface area contributed by atoms with Crippen LogP contribution in [-0.4, -0.2) is 113 Å². The molecule has 0 spiro atoms. The number of piperazine rings is 1. The van der Waals surface area contributed by atoms with Crippen LogP contribution < -0.4 is 0 Å². The van der Waals surface area contributed by atoms with Crippen LogP contribution in [0.5, 0.6) is 0 Å². The third-order valence-corrected chi connectivity index (χ3v) is 6.35. The molecule has 3 atom stereocenters. The zero-order valence-electron chi connectivity index (χ0n) is 16.6. The van der Waals surface area contributed by atoms with E-state index in [4.69, 9.17) is 4.74 Å². The minimum absolute atomic E-state index is 0.0327. The van der Waals surface area contributed by atoms with E-state index in [1.54, 1.807) is 0 Å². The number of piperidine rings is 1. The second-order valence-electron chi connectivity index (χ2n) is 8.06. The number of nitrogens with zero attached hydrogens (tertiary/aromatic N) is 4. The Balaban J connectivity index is 1.51. The van der Waals surface area contributed by atoms with E-state index < -0.39 is 48.1 Å². The maximum absolute atomic E-state index is 12.9. The second-order valence-corrected chi connectivity index (χ2v) is 8.06. The number of alkyl halides is 3. The van der Waals surface area contributed by atoms with E-state index in [-0.39, 0.29) is 30.8 Å². The first-order valence-corrected chi connectivity index (χ1v) is 9.79. The van der Waals surface area contributed by atoms with Crippen molar-refractivity contribution < 1.29 is 42.2 Å². The van der Waals surface area contributed by atoms with Crippen LogP contribution in [0.1, 0.15) is 6.42 Å². The van der Waals surface area contributed by atoms with Gasteiger partial charge in [0.1, 0.15) is 18.3 Å². The van der Waals surface area contributed by atoms with Crippen LogP contribution in [0.4, 0.5) is 18.0 Å². The highest BCUT2D eigenvalue weighted by Crippen LogP contribution is 2.49. The van der Waals surface area contributed by atoms with Gasteiger partial charge in [0.15, 0.2) is 0 Å². The minimum Gasteiger partial charge on any atom is -0.477 e. The number of halogens is 3. The minimum atomic E-state index is -5.13. The number of carboxylic acids is 1. The highest BCUT2D eigenvalue weighted by atomic mass is 19.4. The highest BCUT2D eigenvalue weighted by molar-refractivity contribution is 6.03. The number of β-lactam (4-membered cyclic amide) rings is 1. The zero-order valence-corrected chi connectivity index (χ0v) is 16.6. The van der Waals surface area contributed by atoms with Crippen molar-refractivity contribution in [3.05, 3.63) is 11.3 Å². The average Bonchev–Trinajstić information content (AvgIpc) is 3.03. The summed E-state index contributed by atoms with van der Waals surface area (Å²) in [4.78, 5) is 53.4. The third-order valence-electron chi connectivity index (χ3n) is 6.35. The lowest BCUT2D eigenvalue weighted by atomic mass is 9.78. The summed E-state index contributed by atoms with van der Waals surface area (Å²) in [6, 6.07) is -2.26. The molecule has 31 heavy (non-hydrogen) atoms. The number of carboxylic acid groups (broad SMARTS) is 1. The van der Waals surface area contributed by atoms with Crippen LogP contribution in [0.15, 0.2) is 11.3 Å². The normalized spacial score (nSPS) is 28.5. The molecule has 13 heteroatoms. The molecule has 3 amide bonds. The molecule has 0 radical (unpaired) electrons. The Hall–Kier alpha value is -2.83. The summed E-state index contributed by atoms with van der Waals surface area (Å²) in [5.41, 5.74) is -0.182. The Bertz CT molecular complexity index is 867. The summed E-state index contributed by atoms with van der Waals surface area (Å²) in [5, 5.41) is 9.62. The van der Waals surface area contributed by atoms with E-state index in [9.17, 15) is 37.5 Å². The van der Waals surface area contributed by atoms with E-state index in [1.807, 2.05) is 11.9 Å². The summed E-state index contributed by atoms with van der Waals surface area (Å²) in [7, 11) is 1.92. The van der Waals surface area contributed by atoms with Gasteiger partial charge in [0.05, 0.1) is 6.04 Å². The monoisotopic (exact) mass is 446 g/mol. The molecule has 10 nitrogen and oxygen atoms in total. The molecule has 3 saturated heterocycles. The van der Waals surface area contributed by atoms with Crippen LogP contribution in [0.3, 0.4) is 0 Å². The standard InChI is InChI=1S/C18H21F3N4O6/c1-22-4-6-23(7-5-22)17(30)31-8-10-9-2-3-24(16(29)18(19,20)21)13-11(9)25(14(13)26)12(10)15(27)28/h9,11,13H,2-8H2,1H3,(H,27,28)/t9?,11-,13+/m1/s1. The van der Waals surface area contributed by atoms with Gasteiger partial charge in [-0.3, -0.25) is 14.5 Å². The smallest absolute Gasteiger partial charge is 0.471 e. The number of hydrogen-bond donors (Lipinski definition) is 1. The van der Waals surface area contributed by atoms with Gasteiger partial charge in [-0.15, -0.1) is 0 Å². The van der Waals surface area contributed by atoms with E-state index in [0.29, 0.717) is 31.1 Å². The summed E-state index contributed by atoms with van der Waals surface area (Å²) in [6.07, 6.45) is -5.71. The van der Waals surface area contributed by atoms with E-state index in [2.05, 4.69) is 0 Å². The Kier molecular flexibility index (Phi) is 5.10. The van der Waals surface area contributed by atoms with E-state index in [1.165, 1.54) is 4.90 Å². The first-order chi connectivity index (χ1) is 14.5. The van der Waals surface area contributed by atoms with Crippen molar-refractivity contribution in [3.63, 3.8) is 0 Å². The van der Waals surface area contributed by atoms with E-state index in [0.717, 1.165) is 4.90 Å². The third kappa shape index (κ3) is 3.40. The molecule has 4 heterocycles. The number of likely N-dealkylation sites (tertiary alicyclic amines) is 1. The number of carbonyl (C=O) groups excluding carboxylic acids is 3. The summed E-state index contributed by atoms with van der Waals surface area (Å²) < 4.78 is 44.0. The van der Waals surface area contributed by atoms with Gasteiger partial charge in [-0.25, -0.2) is 9.59 Å². The SMILES string of the molecule is CN1CCN(C(=O)OCC2=C(C(=O)O)N3C(=O)[C@@H]4[C@H]3C2CCN4C(=O)C(F)(F)F)CC1. The molecule has 0 bridgehead atoms. The maximum Gasteiger partial charge on any atom is 0.471 e. The Morgan fingerprint density at radius 1 is 1.13 bits per heavy atom. The molecule has 170 valence electrons. The fraction of sp³-hybridized carbons (Fsp3) is 0.667. The Labute approximate surface area is 174 Å². The summed E-state index contributed by atoms with van der Waals surface area (Å²) in [6.45, 7) is 1.51. The van der Waals surface area contributed by atoms with Gasteiger partial charge in [0.2, 0.25) is 0 Å². The van der Waals surface area contributed by atoms with Gasteiger partial charge in [-0.2, -0.15) is 13.2 Å². The van der Waals surface area contributed by atoms with Crippen molar-refractivity contribution in [1.82, 2.24) is 19.6 Å². The van der Waals surface area contributed by atoms with Crippen molar-refractivity contribution >= 4 is 23.9 Å². The number of likely N-dealkylation sites (N-methyl/N-ethyl adjacent to an activating group) is 1. The van der Waals surface area contributed by atoms with Gasteiger partial charge in [-0.05, 0) is 13.5 Å². The molecule has 4 aliphatic heterocycles. The summed E-state index contributed by atoms with van der Waals surface area (Å²) >= 11 is 0. The lowest BCUT2D eigenvalue weighted by molar-refractivity contribution is -0.198. The molecule has 0 aliphatic carbocycles. The van der Waals surface area contributed by atoms with Crippen LogP contribution in [0.25, 0.3) is 0 Å². The van der Waals surface area contributed by atoms with Crippen LogP contribution in [-0.2, 0) is 19.1 Å². The number of carbonyl (C=O) groups is 4. The molecule has 4 aliphatic rings. The van der Waals surface area contributed by atoms with Gasteiger partial charge in [0, 0.05) is 44.2 Å². The zero-order chi connectivity index (χ0) is 22.7. The first kappa shape index (κ1) is 21.4. The lowest BCUT2D eigenvalue weighted by Gasteiger charge is -2.53. The van der Waals surface area contributed by atoms with Gasteiger partial charge in [-0.1, -0.05) is 0 Å².